The quantitative estimate of drug-likeness (QED) is 0.655. The van der Waals surface area contributed by atoms with Gasteiger partial charge in [-0.2, -0.15) is 8.61 Å². The summed E-state index contributed by atoms with van der Waals surface area (Å²) in [7, 11) is -5.87. The fourth-order valence-electron chi connectivity index (χ4n) is 3.59. The highest BCUT2D eigenvalue weighted by molar-refractivity contribution is 7.89. The molecule has 0 aliphatic carbocycles. The van der Waals surface area contributed by atoms with Crippen molar-refractivity contribution in [3.05, 3.63) is 30.2 Å². The molecule has 2 aliphatic heterocycles. The van der Waals surface area contributed by atoms with Gasteiger partial charge in [0.1, 0.15) is 5.82 Å². The average molecular weight is 471 g/mol. The van der Waals surface area contributed by atoms with Crippen molar-refractivity contribution in [3.8, 4) is 11.5 Å². The summed E-state index contributed by atoms with van der Waals surface area (Å²) in [5.74, 6) is 1.52. The van der Waals surface area contributed by atoms with E-state index >= 15 is 0 Å². The highest BCUT2D eigenvalue weighted by Gasteiger charge is 2.33. The molecule has 0 unspecified atom stereocenters. The van der Waals surface area contributed by atoms with E-state index in [0.717, 1.165) is 6.42 Å². The number of fused-ring (bicyclic) bond motifs is 1. The molecule has 0 spiro atoms. The number of nitrogens with zero attached hydrogens (tertiary/aromatic N) is 4. The maximum atomic E-state index is 13.2. The molecule has 0 amide bonds. The second-order valence-corrected chi connectivity index (χ2v) is 11.4. The lowest BCUT2D eigenvalue weighted by molar-refractivity contribution is 0.296. The molecule has 1 fully saturated rings. The largest absolute Gasteiger partial charge is 0.490 e. The Bertz CT molecular complexity index is 1160. The molecule has 31 heavy (non-hydrogen) atoms. The lowest BCUT2D eigenvalue weighted by Crippen LogP contribution is -2.37. The molecule has 1 aromatic carbocycles. The molecule has 10 nitrogen and oxygen atoms in total. The standard InChI is InChI=1S/C19H26N4O6S2/c1-15-20-19(14-21(15)2)31(26,27)23-8-3-7-22(9-10-23)30(24,25)16-5-6-17-18(13-16)29-12-4-11-28-17/h5-6,13-14H,3-4,7-12H2,1-2H3. The van der Waals surface area contributed by atoms with Gasteiger partial charge in [-0.1, -0.05) is 0 Å². The highest BCUT2D eigenvalue weighted by Crippen LogP contribution is 2.33. The van der Waals surface area contributed by atoms with Crippen molar-refractivity contribution in [1.29, 1.82) is 0 Å². The van der Waals surface area contributed by atoms with Gasteiger partial charge in [0.2, 0.25) is 10.0 Å². The minimum Gasteiger partial charge on any atom is -0.490 e. The molecule has 3 heterocycles. The van der Waals surface area contributed by atoms with Gasteiger partial charge in [-0.25, -0.2) is 21.8 Å². The van der Waals surface area contributed by atoms with Gasteiger partial charge >= 0.3 is 0 Å². The van der Waals surface area contributed by atoms with Crippen molar-refractivity contribution in [1.82, 2.24) is 18.2 Å². The minimum absolute atomic E-state index is 0.0216. The van der Waals surface area contributed by atoms with Gasteiger partial charge in [0.05, 0.1) is 18.1 Å². The number of imidazole rings is 1. The van der Waals surface area contributed by atoms with Gasteiger partial charge in [-0.05, 0) is 25.5 Å². The number of hydrogen-bond acceptors (Lipinski definition) is 7. The number of hydrogen-bond donors (Lipinski definition) is 0. The van der Waals surface area contributed by atoms with Crippen LogP contribution in [-0.4, -0.2) is 74.4 Å². The van der Waals surface area contributed by atoms with Crippen LogP contribution < -0.4 is 9.47 Å². The molecule has 0 atom stereocenters. The summed E-state index contributed by atoms with van der Waals surface area (Å²) in [5.41, 5.74) is 0. The first-order valence-corrected chi connectivity index (χ1v) is 13.0. The summed E-state index contributed by atoms with van der Waals surface area (Å²) in [6.45, 7) is 3.27. The van der Waals surface area contributed by atoms with E-state index in [9.17, 15) is 16.8 Å². The topological polar surface area (TPSA) is 111 Å². The Morgan fingerprint density at radius 3 is 2.16 bits per heavy atom. The molecule has 0 radical (unpaired) electrons. The van der Waals surface area contributed by atoms with Gasteiger partial charge in [0.15, 0.2) is 16.5 Å². The van der Waals surface area contributed by atoms with Crippen LogP contribution in [0.2, 0.25) is 0 Å². The smallest absolute Gasteiger partial charge is 0.262 e. The molecule has 0 N–H and O–H groups in total. The van der Waals surface area contributed by atoms with Gasteiger partial charge in [0.25, 0.3) is 10.0 Å². The zero-order chi connectivity index (χ0) is 22.2. The summed E-state index contributed by atoms with van der Waals surface area (Å²) >= 11 is 0. The molecule has 1 aromatic heterocycles. The maximum absolute atomic E-state index is 13.2. The summed E-state index contributed by atoms with van der Waals surface area (Å²) in [5, 5.41) is -0.0216. The summed E-state index contributed by atoms with van der Waals surface area (Å²) in [4.78, 5) is 4.23. The van der Waals surface area contributed by atoms with E-state index in [1.54, 1.807) is 24.6 Å². The summed E-state index contributed by atoms with van der Waals surface area (Å²) in [6.07, 6.45) is 2.58. The van der Waals surface area contributed by atoms with Crippen LogP contribution in [0.1, 0.15) is 18.7 Å². The summed E-state index contributed by atoms with van der Waals surface area (Å²) < 4.78 is 67.9. The van der Waals surface area contributed by atoms with Crippen LogP contribution in [0.4, 0.5) is 0 Å². The van der Waals surface area contributed by atoms with Crippen LogP contribution in [0.5, 0.6) is 11.5 Å². The predicted octanol–water partition coefficient (Wildman–Crippen LogP) is 0.975. The zero-order valence-corrected chi connectivity index (χ0v) is 19.2. The fourth-order valence-corrected chi connectivity index (χ4v) is 6.57. The lowest BCUT2D eigenvalue weighted by atomic mass is 10.3. The first kappa shape index (κ1) is 22.1. The third-order valence-electron chi connectivity index (χ3n) is 5.46. The fraction of sp³-hybridized carbons (Fsp3) is 0.526. The Hall–Kier alpha value is -2.15. The number of benzene rings is 1. The Labute approximate surface area is 182 Å². The van der Waals surface area contributed by atoms with Gasteiger partial charge < -0.3 is 14.0 Å². The molecule has 4 rings (SSSR count). The second kappa shape index (κ2) is 8.41. The van der Waals surface area contributed by atoms with Crippen molar-refractivity contribution < 1.29 is 26.3 Å². The zero-order valence-electron chi connectivity index (χ0n) is 17.5. The molecular formula is C19H26N4O6S2. The molecule has 2 aromatic rings. The van der Waals surface area contributed by atoms with Crippen LogP contribution in [-0.2, 0) is 27.1 Å². The molecular weight excluding hydrogens is 444 g/mol. The molecule has 2 aliphatic rings. The van der Waals surface area contributed by atoms with Gasteiger partial charge in [-0.3, -0.25) is 0 Å². The third-order valence-corrected chi connectivity index (χ3v) is 9.13. The van der Waals surface area contributed by atoms with Crippen molar-refractivity contribution in [2.75, 3.05) is 39.4 Å². The average Bonchev–Trinajstić information content (AvgIpc) is 2.96. The molecule has 170 valence electrons. The Balaban J connectivity index is 1.53. The van der Waals surface area contributed by atoms with Crippen LogP contribution in [0.15, 0.2) is 34.3 Å². The normalized spacial score (nSPS) is 19.0. The Morgan fingerprint density at radius 1 is 0.871 bits per heavy atom. The van der Waals surface area contributed by atoms with Crippen molar-refractivity contribution in [3.63, 3.8) is 0 Å². The molecule has 0 saturated carbocycles. The van der Waals surface area contributed by atoms with E-state index in [0.29, 0.717) is 37.0 Å². The van der Waals surface area contributed by atoms with E-state index in [-0.39, 0.29) is 36.1 Å². The summed E-state index contributed by atoms with van der Waals surface area (Å²) in [6, 6.07) is 4.58. The van der Waals surface area contributed by atoms with E-state index in [1.165, 1.54) is 26.9 Å². The SMILES string of the molecule is Cc1nc(S(=O)(=O)N2CCCN(S(=O)(=O)c3ccc4c(c3)OCCCO4)CC2)cn1C. The number of aromatic nitrogens is 2. The molecule has 12 heteroatoms. The Kier molecular flexibility index (Phi) is 5.99. The van der Waals surface area contributed by atoms with Crippen LogP contribution in [0, 0.1) is 6.92 Å². The van der Waals surface area contributed by atoms with E-state index < -0.39 is 20.0 Å². The van der Waals surface area contributed by atoms with Crippen LogP contribution in [0.25, 0.3) is 0 Å². The van der Waals surface area contributed by atoms with E-state index in [4.69, 9.17) is 9.47 Å². The maximum Gasteiger partial charge on any atom is 0.262 e. The van der Waals surface area contributed by atoms with E-state index in [2.05, 4.69) is 4.98 Å². The number of rotatable bonds is 4. The van der Waals surface area contributed by atoms with Crippen LogP contribution >= 0.6 is 0 Å². The predicted molar refractivity (Wildman–Crippen MR) is 112 cm³/mol. The number of aryl methyl sites for hydroxylation is 2. The molecule has 1 saturated heterocycles. The first-order valence-electron chi connectivity index (χ1n) is 10.1. The van der Waals surface area contributed by atoms with Crippen molar-refractivity contribution in [2.24, 2.45) is 7.05 Å². The van der Waals surface area contributed by atoms with Crippen molar-refractivity contribution >= 4 is 20.0 Å². The molecule has 0 bridgehead atoms. The monoisotopic (exact) mass is 470 g/mol. The number of sulfonamides is 2. The second-order valence-electron chi connectivity index (χ2n) is 7.56. The minimum atomic E-state index is -3.81. The van der Waals surface area contributed by atoms with Crippen LogP contribution in [0.3, 0.4) is 0 Å². The first-order chi connectivity index (χ1) is 14.7. The third kappa shape index (κ3) is 4.29. The van der Waals surface area contributed by atoms with E-state index in [1.807, 2.05) is 0 Å². The van der Waals surface area contributed by atoms with Gasteiger partial charge in [0, 0.05) is 51.9 Å². The highest BCUT2D eigenvalue weighted by atomic mass is 32.2. The Morgan fingerprint density at radius 2 is 1.52 bits per heavy atom. The van der Waals surface area contributed by atoms with Crippen molar-refractivity contribution in [2.45, 2.75) is 29.7 Å². The number of ether oxygens (including phenoxy) is 2. The van der Waals surface area contributed by atoms with Gasteiger partial charge in [-0.15, -0.1) is 0 Å². The lowest BCUT2D eigenvalue weighted by Gasteiger charge is -2.21.